The lowest BCUT2D eigenvalue weighted by atomic mass is 10.1. The third-order valence-electron chi connectivity index (χ3n) is 2.88. The lowest BCUT2D eigenvalue weighted by Gasteiger charge is -2.26. The van der Waals surface area contributed by atoms with Crippen molar-refractivity contribution in [2.24, 2.45) is 0 Å². The lowest BCUT2D eigenvalue weighted by molar-refractivity contribution is 0.0697. The van der Waals surface area contributed by atoms with Gasteiger partial charge in [-0.1, -0.05) is 6.07 Å². The van der Waals surface area contributed by atoms with Gasteiger partial charge in [0.1, 0.15) is 5.82 Å². The minimum absolute atomic E-state index is 0.0430. The van der Waals surface area contributed by atoms with Crippen LogP contribution in [0, 0.1) is 5.82 Å². The van der Waals surface area contributed by atoms with E-state index in [1.807, 2.05) is 0 Å². The molecule has 0 saturated heterocycles. The Morgan fingerprint density at radius 1 is 1.25 bits per heavy atom. The van der Waals surface area contributed by atoms with Crippen molar-refractivity contribution in [1.82, 2.24) is 0 Å². The summed E-state index contributed by atoms with van der Waals surface area (Å²) in [5.41, 5.74) is 0.0617. The highest BCUT2D eigenvalue weighted by molar-refractivity contribution is 5.94. The van der Waals surface area contributed by atoms with Gasteiger partial charge in [0, 0.05) is 33.9 Å². The number of anilines is 1. The number of hydrogen-bond donors (Lipinski definition) is 1. The molecule has 0 atom stereocenters. The fourth-order valence-corrected chi connectivity index (χ4v) is 1.95. The fourth-order valence-electron chi connectivity index (χ4n) is 1.95. The van der Waals surface area contributed by atoms with Crippen LogP contribution in [-0.4, -0.2) is 51.6 Å². The molecule has 0 aliphatic rings. The zero-order valence-electron chi connectivity index (χ0n) is 11.8. The summed E-state index contributed by atoms with van der Waals surface area (Å²) in [5, 5.41) is 9.19. The number of benzene rings is 1. The van der Waals surface area contributed by atoms with Gasteiger partial charge in [-0.25, -0.2) is 9.18 Å². The van der Waals surface area contributed by atoms with Crippen molar-refractivity contribution in [3.8, 4) is 0 Å². The Balaban J connectivity index is 3.01. The zero-order valence-corrected chi connectivity index (χ0v) is 11.8. The van der Waals surface area contributed by atoms with Crippen molar-refractivity contribution < 1.29 is 23.8 Å². The highest BCUT2D eigenvalue weighted by atomic mass is 19.1. The molecule has 0 aliphatic carbocycles. The summed E-state index contributed by atoms with van der Waals surface area (Å²) in [5.74, 6) is -1.69. The average molecular weight is 285 g/mol. The minimum atomic E-state index is -1.14. The zero-order chi connectivity index (χ0) is 15.0. The Morgan fingerprint density at radius 3 is 2.55 bits per heavy atom. The van der Waals surface area contributed by atoms with E-state index in [4.69, 9.17) is 9.47 Å². The van der Waals surface area contributed by atoms with E-state index < -0.39 is 11.8 Å². The van der Waals surface area contributed by atoms with Crippen molar-refractivity contribution in [2.45, 2.75) is 6.42 Å². The van der Waals surface area contributed by atoms with Crippen LogP contribution in [-0.2, 0) is 9.47 Å². The summed E-state index contributed by atoms with van der Waals surface area (Å²) < 4.78 is 24.0. The number of aromatic carboxylic acids is 1. The van der Waals surface area contributed by atoms with E-state index in [0.29, 0.717) is 32.7 Å². The molecule has 0 aromatic heterocycles. The van der Waals surface area contributed by atoms with Crippen LogP contribution in [0.5, 0.6) is 0 Å². The second kappa shape index (κ2) is 8.50. The van der Waals surface area contributed by atoms with Gasteiger partial charge in [-0.15, -0.1) is 0 Å². The molecule has 112 valence electrons. The van der Waals surface area contributed by atoms with Gasteiger partial charge in [0.15, 0.2) is 0 Å². The normalized spacial score (nSPS) is 10.6. The number of para-hydroxylation sites is 1. The van der Waals surface area contributed by atoms with Crippen molar-refractivity contribution in [3.05, 3.63) is 29.6 Å². The minimum Gasteiger partial charge on any atom is -0.478 e. The third kappa shape index (κ3) is 4.47. The van der Waals surface area contributed by atoms with Gasteiger partial charge in [0.05, 0.1) is 17.9 Å². The molecule has 1 N–H and O–H groups in total. The van der Waals surface area contributed by atoms with Crippen molar-refractivity contribution in [1.29, 1.82) is 0 Å². The van der Waals surface area contributed by atoms with Crippen LogP contribution in [0.25, 0.3) is 0 Å². The van der Waals surface area contributed by atoms with Gasteiger partial charge in [0.25, 0.3) is 0 Å². The highest BCUT2D eigenvalue weighted by Gasteiger charge is 2.19. The Bertz CT molecular complexity index is 439. The molecule has 0 spiro atoms. The first-order valence-electron chi connectivity index (χ1n) is 6.36. The number of nitrogens with zero attached hydrogens (tertiary/aromatic N) is 1. The van der Waals surface area contributed by atoms with Crippen LogP contribution in [0.15, 0.2) is 18.2 Å². The van der Waals surface area contributed by atoms with Crippen LogP contribution in [0.2, 0.25) is 0 Å². The molecule has 1 rings (SSSR count). The summed E-state index contributed by atoms with van der Waals surface area (Å²) >= 11 is 0. The first-order chi connectivity index (χ1) is 9.61. The number of carboxylic acid groups (broad SMARTS) is 1. The molecular weight excluding hydrogens is 265 g/mol. The number of carbonyl (C=O) groups is 1. The second-order valence-corrected chi connectivity index (χ2v) is 4.27. The highest BCUT2D eigenvalue weighted by Crippen LogP contribution is 2.24. The van der Waals surface area contributed by atoms with E-state index >= 15 is 0 Å². The van der Waals surface area contributed by atoms with E-state index in [1.54, 1.807) is 19.1 Å². The van der Waals surface area contributed by atoms with Gasteiger partial charge < -0.3 is 19.5 Å². The Labute approximate surface area is 117 Å². The smallest absolute Gasteiger partial charge is 0.337 e. The van der Waals surface area contributed by atoms with Gasteiger partial charge in [-0.05, 0) is 18.6 Å². The SMILES string of the molecule is COCCCN(CCOC)c1c(F)cccc1C(=O)O. The second-order valence-electron chi connectivity index (χ2n) is 4.27. The maximum absolute atomic E-state index is 14.0. The van der Waals surface area contributed by atoms with E-state index in [0.717, 1.165) is 0 Å². The molecule has 0 radical (unpaired) electrons. The molecule has 6 heteroatoms. The third-order valence-corrected chi connectivity index (χ3v) is 2.88. The maximum atomic E-state index is 14.0. The molecule has 20 heavy (non-hydrogen) atoms. The first kappa shape index (κ1) is 16.4. The standard InChI is InChI=1S/C14H20FNO4/c1-19-9-4-7-16(8-10-20-2)13-11(14(17)18)5-3-6-12(13)15/h3,5-6H,4,7-10H2,1-2H3,(H,17,18). The number of methoxy groups -OCH3 is 2. The number of carboxylic acids is 1. The fraction of sp³-hybridized carbons (Fsp3) is 0.500. The van der Waals surface area contributed by atoms with E-state index in [-0.39, 0.29) is 11.3 Å². The topological polar surface area (TPSA) is 59.0 Å². The Kier molecular flexibility index (Phi) is 6.97. The van der Waals surface area contributed by atoms with Crippen LogP contribution < -0.4 is 4.90 Å². The summed E-state index contributed by atoms with van der Waals surface area (Å²) in [7, 11) is 3.14. The van der Waals surface area contributed by atoms with Gasteiger partial charge in [-0.2, -0.15) is 0 Å². The van der Waals surface area contributed by atoms with Crippen molar-refractivity contribution in [2.75, 3.05) is 45.4 Å². The predicted octanol–water partition coefficient (Wildman–Crippen LogP) is 2.01. The Morgan fingerprint density at radius 2 is 1.95 bits per heavy atom. The molecule has 0 aliphatic heterocycles. The van der Waals surface area contributed by atoms with Crippen molar-refractivity contribution >= 4 is 11.7 Å². The number of hydrogen-bond acceptors (Lipinski definition) is 4. The molecule has 0 amide bonds. The summed E-state index contributed by atoms with van der Waals surface area (Å²) in [6.07, 6.45) is 0.674. The van der Waals surface area contributed by atoms with Crippen LogP contribution >= 0.6 is 0 Å². The molecule has 0 unspecified atom stereocenters. The maximum Gasteiger partial charge on any atom is 0.337 e. The predicted molar refractivity (Wildman–Crippen MR) is 73.9 cm³/mol. The molecular formula is C14H20FNO4. The van der Waals surface area contributed by atoms with Gasteiger partial charge in [-0.3, -0.25) is 0 Å². The Hall–Kier alpha value is -1.66. The number of halogens is 1. The monoisotopic (exact) mass is 285 g/mol. The van der Waals surface area contributed by atoms with Crippen LogP contribution in [0.1, 0.15) is 16.8 Å². The summed E-state index contributed by atoms with van der Waals surface area (Å²) in [6, 6.07) is 4.06. The van der Waals surface area contributed by atoms with Gasteiger partial charge >= 0.3 is 5.97 Å². The molecule has 5 nitrogen and oxygen atoms in total. The van der Waals surface area contributed by atoms with E-state index in [9.17, 15) is 14.3 Å². The largest absolute Gasteiger partial charge is 0.478 e. The van der Waals surface area contributed by atoms with Crippen molar-refractivity contribution in [3.63, 3.8) is 0 Å². The average Bonchev–Trinajstić information content (AvgIpc) is 2.43. The summed E-state index contributed by atoms with van der Waals surface area (Å²) in [6.45, 7) is 1.83. The van der Waals surface area contributed by atoms with E-state index in [2.05, 4.69) is 0 Å². The van der Waals surface area contributed by atoms with Crippen LogP contribution in [0.3, 0.4) is 0 Å². The molecule has 0 heterocycles. The molecule has 0 bridgehead atoms. The first-order valence-corrected chi connectivity index (χ1v) is 6.36. The molecule has 1 aromatic carbocycles. The molecule has 1 aromatic rings. The number of ether oxygens (including phenoxy) is 2. The molecule has 0 saturated carbocycles. The number of rotatable bonds is 9. The van der Waals surface area contributed by atoms with E-state index in [1.165, 1.54) is 18.2 Å². The quantitative estimate of drug-likeness (QED) is 0.703. The molecule has 0 fully saturated rings. The van der Waals surface area contributed by atoms with Crippen LogP contribution in [0.4, 0.5) is 10.1 Å². The van der Waals surface area contributed by atoms with Gasteiger partial charge in [0.2, 0.25) is 0 Å². The summed E-state index contributed by atoms with van der Waals surface area (Å²) in [4.78, 5) is 12.9. The lowest BCUT2D eigenvalue weighted by Crippen LogP contribution is -2.31.